The zero-order valence-corrected chi connectivity index (χ0v) is 14.1. The fourth-order valence-electron chi connectivity index (χ4n) is 2.08. The lowest BCUT2D eigenvalue weighted by molar-refractivity contribution is -0.385. The summed E-state index contributed by atoms with van der Waals surface area (Å²) >= 11 is 0. The Labute approximate surface area is 146 Å². The van der Waals surface area contributed by atoms with E-state index in [0.29, 0.717) is 6.07 Å². The van der Waals surface area contributed by atoms with Crippen LogP contribution in [0.15, 0.2) is 18.2 Å². The molecular formula is C15H17F3N2O6. The topological polar surface area (TPSA) is 119 Å². The van der Waals surface area contributed by atoms with Gasteiger partial charge in [-0.15, -0.1) is 0 Å². The van der Waals surface area contributed by atoms with Gasteiger partial charge >= 0.3 is 18.2 Å². The maximum atomic E-state index is 13.1. The highest BCUT2D eigenvalue weighted by Crippen LogP contribution is 2.36. The minimum Gasteiger partial charge on any atom is -0.480 e. The molecule has 2 N–H and O–H groups in total. The Morgan fingerprint density at radius 2 is 1.88 bits per heavy atom. The van der Waals surface area contributed by atoms with Gasteiger partial charge in [0, 0.05) is 18.1 Å². The number of hydrogen-bond acceptors (Lipinski definition) is 5. The lowest BCUT2D eigenvalue weighted by Gasteiger charge is -2.22. The van der Waals surface area contributed by atoms with Crippen molar-refractivity contribution >= 4 is 17.7 Å². The molecule has 8 nitrogen and oxygen atoms in total. The molecule has 1 rings (SSSR count). The molecule has 11 heteroatoms. The van der Waals surface area contributed by atoms with E-state index in [1.807, 2.05) is 5.32 Å². The van der Waals surface area contributed by atoms with Crippen molar-refractivity contribution in [2.45, 2.75) is 45.0 Å². The highest BCUT2D eigenvalue weighted by molar-refractivity contribution is 5.80. The summed E-state index contributed by atoms with van der Waals surface area (Å²) in [6.45, 7) is 4.52. The summed E-state index contributed by atoms with van der Waals surface area (Å²) in [7, 11) is 0. The van der Waals surface area contributed by atoms with Crippen LogP contribution in [0.25, 0.3) is 0 Å². The first kappa shape index (κ1) is 21.2. The Morgan fingerprint density at radius 1 is 1.31 bits per heavy atom. The van der Waals surface area contributed by atoms with E-state index in [1.165, 1.54) is 20.8 Å². The molecule has 0 heterocycles. The van der Waals surface area contributed by atoms with Crippen LogP contribution in [0.4, 0.5) is 23.7 Å². The second-order valence-electron chi connectivity index (χ2n) is 6.30. The van der Waals surface area contributed by atoms with Crippen LogP contribution >= 0.6 is 0 Å². The van der Waals surface area contributed by atoms with E-state index in [0.717, 1.165) is 12.1 Å². The van der Waals surface area contributed by atoms with Crippen molar-refractivity contribution in [1.82, 2.24) is 5.32 Å². The Morgan fingerprint density at radius 3 is 2.31 bits per heavy atom. The number of rotatable bonds is 5. The van der Waals surface area contributed by atoms with E-state index in [9.17, 15) is 38.0 Å². The van der Waals surface area contributed by atoms with Gasteiger partial charge in [0.2, 0.25) is 0 Å². The highest BCUT2D eigenvalue weighted by atomic mass is 19.4. The van der Waals surface area contributed by atoms with E-state index in [2.05, 4.69) is 0 Å². The van der Waals surface area contributed by atoms with Gasteiger partial charge in [0.15, 0.2) is 0 Å². The standard InChI is InChI=1S/C15H17F3N2O6/c1-14(2,3)26-13(23)19-10(12(21)22)7-8-9(15(16,17)18)5-4-6-11(8)20(24)25/h4-6,10H,7H2,1-3H3,(H,19,23)(H,21,22). The summed E-state index contributed by atoms with van der Waals surface area (Å²) < 4.78 is 44.3. The molecule has 1 unspecified atom stereocenters. The number of carbonyl (C=O) groups is 2. The maximum absolute atomic E-state index is 13.1. The number of nitro groups is 1. The third-order valence-corrected chi connectivity index (χ3v) is 3.05. The van der Waals surface area contributed by atoms with E-state index < -0.39 is 58.0 Å². The van der Waals surface area contributed by atoms with Gasteiger partial charge in [-0.2, -0.15) is 13.2 Å². The monoisotopic (exact) mass is 378 g/mol. The summed E-state index contributed by atoms with van der Waals surface area (Å²) in [5.41, 5.74) is -4.04. The number of carboxylic acid groups (broad SMARTS) is 1. The molecule has 0 saturated heterocycles. The molecule has 0 spiro atoms. The van der Waals surface area contributed by atoms with E-state index in [1.54, 1.807) is 0 Å². The number of halogens is 3. The summed E-state index contributed by atoms with van der Waals surface area (Å²) in [5.74, 6) is -1.66. The molecule has 0 saturated carbocycles. The van der Waals surface area contributed by atoms with Crippen LogP contribution in [0.2, 0.25) is 0 Å². The molecule has 0 aliphatic heterocycles. The second kappa shape index (κ2) is 7.58. The lowest BCUT2D eigenvalue weighted by atomic mass is 9.97. The first-order valence-electron chi connectivity index (χ1n) is 7.28. The molecule has 1 amide bonds. The first-order valence-corrected chi connectivity index (χ1v) is 7.28. The number of ether oxygens (including phenoxy) is 1. The van der Waals surface area contributed by atoms with E-state index in [4.69, 9.17) is 4.74 Å². The highest BCUT2D eigenvalue weighted by Gasteiger charge is 2.38. The Hall–Kier alpha value is -2.85. The van der Waals surface area contributed by atoms with Gasteiger partial charge in [0.05, 0.1) is 10.5 Å². The molecule has 0 aliphatic carbocycles. The number of nitro benzene ring substituents is 1. The number of benzene rings is 1. The van der Waals surface area contributed by atoms with Crippen LogP contribution in [0.5, 0.6) is 0 Å². The largest absolute Gasteiger partial charge is 0.480 e. The minimum absolute atomic E-state index is 0.606. The van der Waals surface area contributed by atoms with Gasteiger partial charge in [-0.1, -0.05) is 6.07 Å². The SMILES string of the molecule is CC(C)(C)OC(=O)NC(Cc1c([N+](=O)[O-])cccc1C(F)(F)F)C(=O)O. The molecule has 1 aromatic rings. The minimum atomic E-state index is -4.93. The molecule has 0 aromatic heterocycles. The molecule has 1 aromatic carbocycles. The number of carboxylic acids is 1. The third-order valence-electron chi connectivity index (χ3n) is 3.05. The smallest absolute Gasteiger partial charge is 0.416 e. The number of nitrogens with one attached hydrogen (secondary N) is 1. The third kappa shape index (κ3) is 5.90. The molecule has 1 atom stereocenters. The summed E-state index contributed by atoms with van der Waals surface area (Å²) in [6, 6.07) is 0.430. The van der Waals surface area contributed by atoms with E-state index >= 15 is 0 Å². The summed E-state index contributed by atoms with van der Waals surface area (Å²) in [6.07, 6.45) is -7.05. The van der Waals surface area contributed by atoms with Gasteiger partial charge in [-0.25, -0.2) is 9.59 Å². The van der Waals surface area contributed by atoms with Gasteiger partial charge < -0.3 is 15.2 Å². The van der Waals surface area contributed by atoms with Crippen LogP contribution < -0.4 is 5.32 Å². The van der Waals surface area contributed by atoms with Crippen molar-refractivity contribution < 1.29 is 37.5 Å². The fourth-order valence-corrected chi connectivity index (χ4v) is 2.08. The van der Waals surface area contributed by atoms with Gasteiger partial charge in [0.1, 0.15) is 11.6 Å². The number of nitrogens with zero attached hydrogens (tertiary/aromatic N) is 1. The van der Waals surface area contributed by atoms with Crippen LogP contribution in [-0.4, -0.2) is 33.7 Å². The van der Waals surface area contributed by atoms with Crippen molar-refractivity contribution in [3.05, 3.63) is 39.4 Å². The van der Waals surface area contributed by atoms with Gasteiger partial charge in [0.25, 0.3) is 5.69 Å². The second-order valence-corrected chi connectivity index (χ2v) is 6.30. The number of hydrogen-bond donors (Lipinski definition) is 2. The number of alkyl carbamates (subject to hydrolysis) is 1. The van der Waals surface area contributed by atoms with Crippen LogP contribution in [-0.2, 0) is 22.1 Å². The predicted octanol–water partition coefficient (Wildman–Crippen LogP) is 3.13. The van der Waals surface area contributed by atoms with E-state index in [-0.39, 0.29) is 0 Å². The molecule has 0 aliphatic rings. The molecule has 26 heavy (non-hydrogen) atoms. The zero-order valence-electron chi connectivity index (χ0n) is 14.1. The van der Waals surface area contributed by atoms with Crippen molar-refractivity contribution in [2.75, 3.05) is 0 Å². The van der Waals surface area contributed by atoms with Crippen molar-refractivity contribution in [1.29, 1.82) is 0 Å². The van der Waals surface area contributed by atoms with Crippen LogP contribution in [0.3, 0.4) is 0 Å². The Bertz CT molecular complexity index is 712. The molecule has 0 bridgehead atoms. The molecular weight excluding hydrogens is 361 g/mol. The zero-order chi connectivity index (χ0) is 20.3. The van der Waals surface area contributed by atoms with Crippen LogP contribution in [0, 0.1) is 10.1 Å². The molecule has 0 fully saturated rings. The number of amides is 1. The van der Waals surface area contributed by atoms with Gasteiger partial charge in [-0.3, -0.25) is 10.1 Å². The van der Waals surface area contributed by atoms with Crippen molar-refractivity contribution in [3.8, 4) is 0 Å². The molecule has 0 radical (unpaired) electrons. The molecule has 144 valence electrons. The first-order chi connectivity index (χ1) is 11.7. The Kier molecular flexibility index (Phi) is 6.18. The predicted molar refractivity (Wildman–Crippen MR) is 82.6 cm³/mol. The summed E-state index contributed by atoms with van der Waals surface area (Å²) in [4.78, 5) is 33.0. The van der Waals surface area contributed by atoms with Crippen LogP contribution in [0.1, 0.15) is 31.9 Å². The Balaban J connectivity index is 3.25. The van der Waals surface area contributed by atoms with Crippen molar-refractivity contribution in [3.63, 3.8) is 0 Å². The normalized spacial score (nSPS) is 13.0. The average Bonchev–Trinajstić information content (AvgIpc) is 2.43. The maximum Gasteiger partial charge on any atom is 0.416 e. The van der Waals surface area contributed by atoms with Gasteiger partial charge in [-0.05, 0) is 26.8 Å². The van der Waals surface area contributed by atoms with Crippen molar-refractivity contribution in [2.24, 2.45) is 0 Å². The quantitative estimate of drug-likeness (QED) is 0.600. The average molecular weight is 378 g/mol. The fraction of sp³-hybridized carbons (Fsp3) is 0.467. The number of alkyl halides is 3. The number of aliphatic carboxylic acids is 1. The lowest BCUT2D eigenvalue weighted by Crippen LogP contribution is -2.45. The number of carbonyl (C=O) groups excluding carboxylic acids is 1. The summed E-state index contributed by atoms with van der Waals surface area (Å²) in [5, 5.41) is 22.1.